The number of aryl methyl sites for hydroxylation is 1. The number of rotatable bonds is 5. The molecule has 5 aromatic rings. The average molecular weight is 476 g/mol. The molecule has 0 spiro atoms. The van der Waals surface area contributed by atoms with Gasteiger partial charge in [-0.15, -0.1) is 0 Å². The van der Waals surface area contributed by atoms with E-state index in [0.29, 0.717) is 5.82 Å². The van der Waals surface area contributed by atoms with Crippen LogP contribution in [0.3, 0.4) is 0 Å². The second kappa shape index (κ2) is 9.60. The highest BCUT2D eigenvalue weighted by Gasteiger charge is 2.15. The Morgan fingerprint density at radius 2 is 1.64 bits per heavy atom. The molecule has 36 heavy (non-hydrogen) atoms. The van der Waals surface area contributed by atoms with Crippen LogP contribution in [0, 0.1) is 6.92 Å². The lowest BCUT2D eigenvalue weighted by Crippen LogP contribution is -2.43. The van der Waals surface area contributed by atoms with Gasteiger partial charge in [0.05, 0.1) is 5.69 Å². The van der Waals surface area contributed by atoms with Gasteiger partial charge in [-0.1, -0.05) is 30.3 Å². The fraction of sp³-hybridized carbons (Fsp3) is 0.241. The second-order valence-electron chi connectivity index (χ2n) is 9.54. The lowest BCUT2D eigenvalue weighted by Gasteiger charge is -2.32. The first-order chi connectivity index (χ1) is 17.6. The summed E-state index contributed by atoms with van der Waals surface area (Å²) >= 11 is 0. The van der Waals surface area contributed by atoms with Crippen LogP contribution in [-0.2, 0) is 6.54 Å². The van der Waals surface area contributed by atoms with Gasteiger partial charge in [0.15, 0.2) is 5.82 Å². The summed E-state index contributed by atoms with van der Waals surface area (Å²) in [5.41, 5.74) is 7.83. The standard InChI is InChI=1S/C29H29N7/c1-20-4-3-5-26(32-20)29-33-27(25-10-11-31-28(25)34-29)24-16-23(17-30-18-24)22-8-6-21(7-9-22)19-36-14-12-35(2)13-15-36/h3-11,16-18H,12-15,19H2,1-2H3,(H,31,33,34). The van der Waals surface area contributed by atoms with E-state index in [-0.39, 0.29) is 0 Å². The van der Waals surface area contributed by atoms with Crippen LogP contribution in [0.4, 0.5) is 0 Å². The molecule has 5 heterocycles. The number of nitrogens with zero attached hydrogens (tertiary/aromatic N) is 6. The maximum Gasteiger partial charge on any atom is 0.180 e. The SMILES string of the molecule is Cc1cccc(-c2nc(-c3cncc(-c4ccc(CN5CCN(C)CC5)cc4)c3)c3cc[nH]c3n2)n1. The number of piperazine rings is 1. The van der Waals surface area contributed by atoms with Crippen LogP contribution >= 0.6 is 0 Å². The summed E-state index contributed by atoms with van der Waals surface area (Å²) in [5.74, 6) is 0.599. The average Bonchev–Trinajstić information content (AvgIpc) is 3.39. The molecule has 1 aliphatic rings. The van der Waals surface area contributed by atoms with Gasteiger partial charge in [-0.25, -0.2) is 15.0 Å². The third kappa shape index (κ3) is 4.63. The molecule has 7 heteroatoms. The first-order valence-electron chi connectivity index (χ1n) is 12.4. The van der Waals surface area contributed by atoms with Crippen molar-refractivity contribution in [1.82, 2.24) is 34.7 Å². The van der Waals surface area contributed by atoms with Gasteiger partial charge in [0.1, 0.15) is 11.3 Å². The fourth-order valence-electron chi connectivity index (χ4n) is 4.74. The van der Waals surface area contributed by atoms with Crippen LogP contribution in [0.15, 0.2) is 73.2 Å². The summed E-state index contributed by atoms with van der Waals surface area (Å²) in [5, 5.41) is 0.966. The predicted molar refractivity (Wildman–Crippen MR) is 143 cm³/mol. The van der Waals surface area contributed by atoms with Crippen molar-refractivity contribution in [3.8, 4) is 33.9 Å². The van der Waals surface area contributed by atoms with Crippen molar-refractivity contribution in [2.45, 2.75) is 13.5 Å². The van der Waals surface area contributed by atoms with E-state index in [0.717, 1.165) is 77.5 Å². The van der Waals surface area contributed by atoms with Gasteiger partial charge in [-0.2, -0.15) is 0 Å². The number of hydrogen-bond acceptors (Lipinski definition) is 6. The monoisotopic (exact) mass is 475 g/mol. The molecule has 0 atom stereocenters. The number of aromatic nitrogens is 5. The van der Waals surface area contributed by atoms with E-state index in [1.807, 2.05) is 49.8 Å². The highest BCUT2D eigenvalue weighted by Crippen LogP contribution is 2.30. The molecule has 6 rings (SSSR count). The first-order valence-corrected chi connectivity index (χ1v) is 12.4. The molecule has 0 unspecified atom stereocenters. The lowest BCUT2D eigenvalue weighted by atomic mass is 10.0. The normalized spacial score (nSPS) is 14.9. The summed E-state index contributed by atoms with van der Waals surface area (Å²) < 4.78 is 0. The number of likely N-dealkylation sites (N-methyl/N-ethyl adjacent to an activating group) is 1. The van der Waals surface area contributed by atoms with Crippen LogP contribution in [0.5, 0.6) is 0 Å². The van der Waals surface area contributed by atoms with E-state index >= 15 is 0 Å². The zero-order chi connectivity index (χ0) is 24.5. The van der Waals surface area contributed by atoms with Crippen LogP contribution < -0.4 is 0 Å². The predicted octanol–water partition coefficient (Wildman–Crippen LogP) is 4.80. The molecule has 1 saturated heterocycles. The minimum absolute atomic E-state index is 0.599. The van der Waals surface area contributed by atoms with Crippen LogP contribution in [0.1, 0.15) is 11.3 Å². The first kappa shape index (κ1) is 22.5. The van der Waals surface area contributed by atoms with Crippen molar-refractivity contribution in [2.75, 3.05) is 33.2 Å². The summed E-state index contributed by atoms with van der Waals surface area (Å²) in [6, 6.07) is 18.9. The summed E-state index contributed by atoms with van der Waals surface area (Å²) in [6.45, 7) is 7.48. The summed E-state index contributed by atoms with van der Waals surface area (Å²) in [4.78, 5) is 27.0. The molecule has 0 saturated carbocycles. The summed E-state index contributed by atoms with van der Waals surface area (Å²) in [6.07, 6.45) is 5.68. The van der Waals surface area contributed by atoms with Gasteiger partial charge in [0, 0.05) is 73.5 Å². The molecular weight excluding hydrogens is 446 g/mol. The number of nitrogens with one attached hydrogen (secondary N) is 1. The number of benzene rings is 1. The topological polar surface area (TPSA) is 73.8 Å². The van der Waals surface area contributed by atoms with Gasteiger partial charge in [-0.3, -0.25) is 9.88 Å². The van der Waals surface area contributed by atoms with Crippen molar-refractivity contribution in [3.05, 3.63) is 84.4 Å². The van der Waals surface area contributed by atoms with Gasteiger partial charge in [0.2, 0.25) is 0 Å². The van der Waals surface area contributed by atoms with Crippen molar-refractivity contribution in [2.24, 2.45) is 0 Å². The summed E-state index contributed by atoms with van der Waals surface area (Å²) in [7, 11) is 2.19. The van der Waals surface area contributed by atoms with E-state index in [4.69, 9.17) is 9.97 Å². The van der Waals surface area contributed by atoms with Crippen molar-refractivity contribution in [3.63, 3.8) is 0 Å². The Hall–Kier alpha value is -3.94. The van der Waals surface area contributed by atoms with Gasteiger partial charge in [-0.05, 0) is 49.4 Å². The van der Waals surface area contributed by atoms with Crippen LogP contribution in [0.2, 0.25) is 0 Å². The molecule has 180 valence electrons. The van der Waals surface area contributed by atoms with Crippen LogP contribution in [-0.4, -0.2) is 67.9 Å². The quantitative estimate of drug-likeness (QED) is 0.393. The van der Waals surface area contributed by atoms with E-state index < -0.39 is 0 Å². The number of H-pyrrole nitrogens is 1. The molecule has 1 aromatic carbocycles. The molecule has 7 nitrogen and oxygen atoms in total. The third-order valence-corrected chi connectivity index (χ3v) is 6.83. The molecule has 1 N–H and O–H groups in total. The lowest BCUT2D eigenvalue weighted by molar-refractivity contribution is 0.148. The van der Waals surface area contributed by atoms with Gasteiger partial charge < -0.3 is 9.88 Å². The highest BCUT2D eigenvalue weighted by atomic mass is 15.2. The minimum atomic E-state index is 0.599. The Labute approximate surface area is 210 Å². The fourth-order valence-corrected chi connectivity index (χ4v) is 4.74. The van der Waals surface area contributed by atoms with E-state index in [2.05, 4.69) is 62.1 Å². The number of hydrogen-bond donors (Lipinski definition) is 1. The smallest absolute Gasteiger partial charge is 0.180 e. The van der Waals surface area contributed by atoms with Crippen LogP contribution in [0.25, 0.3) is 44.9 Å². The Kier molecular flexibility index (Phi) is 6.01. The van der Waals surface area contributed by atoms with Crippen molar-refractivity contribution >= 4 is 11.0 Å². The molecule has 4 aromatic heterocycles. The zero-order valence-electron chi connectivity index (χ0n) is 20.6. The van der Waals surface area contributed by atoms with E-state index in [9.17, 15) is 0 Å². The molecule has 0 bridgehead atoms. The number of pyridine rings is 2. The van der Waals surface area contributed by atoms with Crippen molar-refractivity contribution < 1.29 is 0 Å². The van der Waals surface area contributed by atoms with E-state index in [1.54, 1.807) is 0 Å². The Morgan fingerprint density at radius 3 is 2.44 bits per heavy atom. The molecule has 1 fully saturated rings. The Bertz CT molecular complexity index is 1500. The van der Waals surface area contributed by atoms with E-state index in [1.165, 1.54) is 5.56 Å². The Balaban J connectivity index is 1.31. The largest absolute Gasteiger partial charge is 0.346 e. The third-order valence-electron chi connectivity index (χ3n) is 6.83. The molecule has 0 amide bonds. The molecule has 0 radical (unpaired) electrons. The highest BCUT2D eigenvalue weighted by molar-refractivity contribution is 5.92. The maximum absolute atomic E-state index is 4.93. The molecular formula is C29H29N7. The maximum atomic E-state index is 4.93. The molecule has 0 aliphatic carbocycles. The van der Waals surface area contributed by atoms with Crippen molar-refractivity contribution in [1.29, 1.82) is 0 Å². The van der Waals surface area contributed by atoms with Gasteiger partial charge in [0.25, 0.3) is 0 Å². The zero-order valence-corrected chi connectivity index (χ0v) is 20.6. The number of fused-ring (bicyclic) bond motifs is 1. The number of aromatic amines is 1. The Morgan fingerprint density at radius 1 is 0.833 bits per heavy atom. The second-order valence-corrected chi connectivity index (χ2v) is 9.54. The molecule has 1 aliphatic heterocycles. The minimum Gasteiger partial charge on any atom is -0.346 e. The van der Waals surface area contributed by atoms with Gasteiger partial charge >= 0.3 is 0 Å².